The lowest BCUT2D eigenvalue weighted by molar-refractivity contribution is -0.115. The summed E-state index contributed by atoms with van der Waals surface area (Å²) in [6.07, 6.45) is 3.13. The Morgan fingerprint density at radius 1 is 1.03 bits per heavy atom. The van der Waals surface area contributed by atoms with Gasteiger partial charge in [0.15, 0.2) is 0 Å². The number of amides is 2. The number of nitrogens with zero attached hydrogens (tertiary/aromatic N) is 2. The number of benzene rings is 2. The van der Waals surface area contributed by atoms with Crippen molar-refractivity contribution >= 4 is 23.2 Å². The topological polar surface area (TPSA) is 106 Å². The number of hydrogen-bond donors (Lipinski definition) is 2. The minimum Gasteiger partial charge on any atom is -0.494 e. The van der Waals surface area contributed by atoms with Crippen LogP contribution in [0.5, 0.6) is 5.75 Å². The summed E-state index contributed by atoms with van der Waals surface area (Å²) in [6, 6.07) is 17.9. The van der Waals surface area contributed by atoms with E-state index in [0.717, 1.165) is 5.56 Å². The first kappa shape index (κ1) is 21.8. The van der Waals surface area contributed by atoms with E-state index in [1.54, 1.807) is 43.5 Å². The monoisotopic (exact) mass is 442 g/mol. The fraction of sp³-hybridized carbons (Fsp3) is 0.120. The fourth-order valence-corrected chi connectivity index (χ4v) is 3.22. The zero-order chi connectivity index (χ0) is 23.2. The Morgan fingerprint density at radius 3 is 2.58 bits per heavy atom. The SMILES string of the molecule is COc1cc(NC(=O)Cc2nc(-c3ccccc3)oc2C)ccc1NC(=O)c1cccnc1. The Hall–Kier alpha value is -4.46. The smallest absolute Gasteiger partial charge is 0.257 e. The van der Waals surface area contributed by atoms with Crippen molar-refractivity contribution in [3.63, 3.8) is 0 Å². The van der Waals surface area contributed by atoms with Crippen molar-refractivity contribution in [1.82, 2.24) is 9.97 Å². The maximum absolute atomic E-state index is 12.6. The van der Waals surface area contributed by atoms with Crippen molar-refractivity contribution in [3.05, 3.63) is 90.1 Å². The fourth-order valence-electron chi connectivity index (χ4n) is 3.22. The second-order valence-electron chi connectivity index (χ2n) is 7.22. The largest absolute Gasteiger partial charge is 0.494 e. The maximum atomic E-state index is 12.6. The molecule has 2 heterocycles. The van der Waals surface area contributed by atoms with Crippen molar-refractivity contribution in [1.29, 1.82) is 0 Å². The van der Waals surface area contributed by atoms with Crippen LogP contribution in [-0.2, 0) is 11.2 Å². The average molecular weight is 442 g/mol. The molecular formula is C25H22N4O4. The summed E-state index contributed by atoms with van der Waals surface area (Å²) in [5.41, 5.74) is 2.85. The lowest BCUT2D eigenvalue weighted by atomic mass is 10.2. The first-order valence-corrected chi connectivity index (χ1v) is 10.2. The lowest BCUT2D eigenvalue weighted by Gasteiger charge is -2.12. The van der Waals surface area contributed by atoms with Crippen LogP contribution in [-0.4, -0.2) is 28.9 Å². The van der Waals surface area contributed by atoms with Crippen molar-refractivity contribution < 1.29 is 18.7 Å². The molecule has 4 aromatic rings. The number of methoxy groups -OCH3 is 1. The minimum absolute atomic E-state index is 0.0595. The van der Waals surface area contributed by atoms with Crippen LogP contribution in [0, 0.1) is 6.92 Å². The van der Waals surface area contributed by atoms with Gasteiger partial charge in [-0.1, -0.05) is 18.2 Å². The highest BCUT2D eigenvalue weighted by Gasteiger charge is 2.16. The van der Waals surface area contributed by atoms with Crippen LogP contribution in [0.1, 0.15) is 21.8 Å². The van der Waals surface area contributed by atoms with Gasteiger partial charge in [-0.2, -0.15) is 0 Å². The molecule has 166 valence electrons. The molecule has 0 atom stereocenters. The first-order valence-electron chi connectivity index (χ1n) is 10.2. The van der Waals surface area contributed by atoms with E-state index in [1.165, 1.54) is 13.3 Å². The van der Waals surface area contributed by atoms with Gasteiger partial charge in [-0.15, -0.1) is 0 Å². The number of ether oxygens (including phenoxy) is 1. The normalized spacial score (nSPS) is 10.5. The Bertz CT molecular complexity index is 1270. The number of hydrogen-bond acceptors (Lipinski definition) is 6. The molecule has 0 saturated heterocycles. The molecule has 33 heavy (non-hydrogen) atoms. The molecule has 0 bridgehead atoms. The van der Waals surface area contributed by atoms with E-state index >= 15 is 0 Å². The molecule has 4 rings (SSSR count). The number of anilines is 2. The third-order valence-electron chi connectivity index (χ3n) is 4.90. The number of rotatable bonds is 7. The zero-order valence-corrected chi connectivity index (χ0v) is 18.2. The van der Waals surface area contributed by atoms with Gasteiger partial charge in [0.05, 0.1) is 30.5 Å². The van der Waals surface area contributed by atoms with Crippen LogP contribution in [0.25, 0.3) is 11.5 Å². The number of oxazole rings is 1. The summed E-state index contributed by atoms with van der Waals surface area (Å²) < 4.78 is 11.1. The molecule has 0 aliphatic heterocycles. The molecule has 0 radical (unpaired) electrons. The van der Waals surface area contributed by atoms with Crippen molar-refractivity contribution in [2.75, 3.05) is 17.7 Å². The summed E-state index contributed by atoms with van der Waals surface area (Å²) in [7, 11) is 1.49. The van der Waals surface area contributed by atoms with Gasteiger partial charge in [-0.25, -0.2) is 4.98 Å². The van der Waals surface area contributed by atoms with Gasteiger partial charge in [0.25, 0.3) is 5.91 Å². The van der Waals surface area contributed by atoms with Gasteiger partial charge < -0.3 is 19.8 Å². The predicted octanol–water partition coefficient (Wildman–Crippen LogP) is 4.49. The molecule has 2 aromatic carbocycles. The molecule has 0 aliphatic rings. The molecule has 2 aromatic heterocycles. The van der Waals surface area contributed by atoms with E-state index in [1.807, 2.05) is 30.3 Å². The standard InChI is InChI=1S/C25H22N4O4/c1-16-21(29-25(33-16)17-7-4-3-5-8-17)14-23(30)27-19-10-11-20(22(13-19)32-2)28-24(31)18-9-6-12-26-15-18/h3-13,15H,14H2,1-2H3,(H,27,30)(H,28,31). The second kappa shape index (κ2) is 9.78. The number of aromatic nitrogens is 2. The van der Waals surface area contributed by atoms with Crippen LogP contribution in [0.2, 0.25) is 0 Å². The van der Waals surface area contributed by atoms with Gasteiger partial charge >= 0.3 is 0 Å². The van der Waals surface area contributed by atoms with Gasteiger partial charge in [0, 0.05) is 29.7 Å². The Labute approximate surface area is 190 Å². The van der Waals surface area contributed by atoms with Crippen molar-refractivity contribution in [3.8, 4) is 17.2 Å². The van der Waals surface area contributed by atoms with Crippen LogP contribution in [0.15, 0.2) is 77.5 Å². The molecule has 0 unspecified atom stereocenters. The van der Waals surface area contributed by atoms with E-state index < -0.39 is 0 Å². The Balaban J connectivity index is 1.43. The van der Waals surface area contributed by atoms with Gasteiger partial charge in [0.2, 0.25) is 11.8 Å². The number of carbonyl (C=O) groups excluding carboxylic acids is 2. The molecule has 8 heteroatoms. The van der Waals surface area contributed by atoms with E-state index in [2.05, 4.69) is 20.6 Å². The predicted molar refractivity (Wildman–Crippen MR) is 124 cm³/mol. The molecule has 0 aliphatic carbocycles. The van der Waals surface area contributed by atoms with Gasteiger partial charge in [-0.3, -0.25) is 14.6 Å². The summed E-state index contributed by atoms with van der Waals surface area (Å²) >= 11 is 0. The average Bonchev–Trinajstić information content (AvgIpc) is 3.21. The van der Waals surface area contributed by atoms with Crippen LogP contribution in [0.4, 0.5) is 11.4 Å². The number of aryl methyl sites for hydroxylation is 1. The molecule has 0 fully saturated rings. The lowest BCUT2D eigenvalue weighted by Crippen LogP contribution is -2.16. The third kappa shape index (κ3) is 5.24. The highest BCUT2D eigenvalue weighted by molar-refractivity contribution is 6.05. The summed E-state index contributed by atoms with van der Waals surface area (Å²) in [5.74, 6) is 0.921. The van der Waals surface area contributed by atoms with E-state index in [-0.39, 0.29) is 18.2 Å². The quantitative estimate of drug-likeness (QED) is 0.437. The number of pyridine rings is 1. The van der Waals surface area contributed by atoms with Crippen LogP contribution < -0.4 is 15.4 Å². The van der Waals surface area contributed by atoms with E-state index in [9.17, 15) is 9.59 Å². The molecule has 0 spiro atoms. The molecule has 8 nitrogen and oxygen atoms in total. The van der Waals surface area contributed by atoms with Crippen molar-refractivity contribution in [2.24, 2.45) is 0 Å². The first-order chi connectivity index (χ1) is 16.0. The molecule has 2 N–H and O–H groups in total. The van der Waals surface area contributed by atoms with Gasteiger partial charge in [-0.05, 0) is 43.3 Å². The minimum atomic E-state index is -0.311. The van der Waals surface area contributed by atoms with Crippen molar-refractivity contribution in [2.45, 2.75) is 13.3 Å². The highest BCUT2D eigenvalue weighted by Crippen LogP contribution is 2.29. The number of nitrogens with one attached hydrogen (secondary N) is 2. The van der Waals surface area contributed by atoms with E-state index in [4.69, 9.17) is 9.15 Å². The summed E-state index contributed by atoms with van der Waals surface area (Å²) in [6.45, 7) is 1.78. The maximum Gasteiger partial charge on any atom is 0.257 e. The molecule has 0 saturated carbocycles. The van der Waals surface area contributed by atoms with Crippen LogP contribution in [0.3, 0.4) is 0 Å². The van der Waals surface area contributed by atoms with Crippen LogP contribution >= 0.6 is 0 Å². The summed E-state index contributed by atoms with van der Waals surface area (Å²) in [5, 5.41) is 5.62. The molecular weight excluding hydrogens is 420 g/mol. The van der Waals surface area contributed by atoms with Gasteiger partial charge in [0.1, 0.15) is 11.5 Å². The Morgan fingerprint density at radius 2 is 1.85 bits per heavy atom. The Kier molecular flexibility index (Phi) is 6.45. The third-order valence-corrected chi connectivity index (χ3v) is 4.90. The second-order valence-corrected chi connectivity index (χ2v) is 7.22. The summed E-state index contributed by atoms with van der Waals surface area (Å²) in [4.78, 5) is 33.4. The highest BCUT2D eigenvalue weighted by atomic mass is 16.5. The number of carbonyl (C=O) groups is 2. The zero-order valence-electron chi connectivity index (χ0n) is 18.2. The van der Waals surface area contributed by atoms with E-state index in [0.29, 0.717) is 40.0 Å². The molecule has 2 amide bonds.